The zero-order valence-electron chi connectivity index (χ0n) is 8.88. The molecular weight excluding hydrogens is 192 g/mol. The first kappa shape index (κ1) is 9.70. The van der Waals surface area contributed by atoms with E-state index in [2.05, 4.69) is 34.0 Å². The van der Waals surface area contributed by atoms with E-state index in [9.17, 15) is 0 Å². The molecule has 2 heterocycles. The van der Waals surface area contributed by atoms with E-state index in [1.807, 2.05) is 12.1 Å². The Morgan fingerprint density at radius 1 is 1.27 bits per heavy atom. The summed E-state index contributed by atoms with van der Waals surface area (Å²) in [7, 11) is 0. The van der Waals surface area contributed by atoms with Gasteiger partial charge in [-0.25, -0.2) is 0 Å². The lowest BCUT2D eigenvalue weighted by molar-refractivity contribution is 0.810. The van der Waals surface area contributed by atoms with Crippen LogP contribution in [0.1, 0.15) is 13.8 Å². The van der Waals surface area contributed by atoms with Crippen molar-refractivity contribution >= 4 is 17.4 Å². The SMILES string of the molecule is CCN(CC)c1ccc2nnc(N)n2n1. The predicted octanol–water partition coefficient (Wildman–Crippen LogP) is 0.553. The fourth-order valence-electron chi connectivity index (χ4n) is 1.51. The summed E-state index contributed by atoms with van der Waals surface area (Å²) in [5, 5.41) is 12.0. The Hall–Kier alpha value is -1.85. The lowest BCUT2D eigenvalue weighted by atomic mass is 10.4. The molecule has 0 fully saturated rings. The van der Waals surface area contributed by atoms with Gasteiger partial charge in [-0.15, -0.1) is 15.3 Å². The molecule has 0 atom stereocenters. The second kappa shape index (κ2) is 3.72. The second-order valence-corrected chi connectivity index (χ2v) is 3.19. The third-order valence-electron chi connectivity index (χ3n) is 2.36. The molecule has 2 rings (SSSR count). The molecule has 2 N–H and O–H groups in total. The molecule has 0 bridgehead atoms. The van der Waals surface area contributed by atoms with Gasteiger partial charge in [-0.3, -0.25) is 0 Å². The van der Waals surface area contributed by atoms with Gasteiger partial charge >= 0.3 is 0 Å². The van der Waals surface area contributed by atoms with E-state index in [1.54, 1.807) is 4.52 Å². The van der Waals surface area contributed by atoms with Gasteiger partial charge in [0.05, 0.1) is 0 Å². The number of nitrogens with two attached hydrogens (primary N) is 1. The molecule has 0 unspecified atom stereocenters. The topological polar surface area (TPSA) is 72.3 Å². The van der Waals surface area contributed by atoms with Crippen molar-refractivity contribution in [2.75, 3.05) is 23.7 Å². The first-order valence-corrected chi connectivity index (χ1v) is 4.99. The summed E-state index contributed by atoms with van der Waals surface area (Å²) in [5.74, 6) is 1.21. The van der Waals surface area contributed by atoms with Crippen molar-refractivity contribution in [3.05, 3.63) is 12.1 Å². The standard InChI is InChI=1S/C9H14N6/c1-3-14(4-2)8-6-5-7-11-12-9(10)15(7)13-8/h5-6H,3-4H2,1-2H3,(H2,10,12). The number of hydrogen-bond acceptors (Lipinski definition) is 5. The highest BCUT2D eigenvalue weighted by atomic mass is 15.4. The van der Waals surface area contributed by atoms with Gasteiger partial charge in [-0.05, 0) is 26.0 Å². The molecule has 6 nitrogen and oxygen atoms in total. The molecule has 0 saturated carbocycles. The number of nitrogen functional groups attached to an aromatic ring is 1. The average molecular weight is 206 g/mol. The van der Waals surface area contributed by atoms with Crippen LogP contribution in [-0.2, 0) is 0 Å². The zero-order chi connectivity index (χ0) is 10.8. The molecule has 0 aliphatic carbocycles. The van der Waals surface area contributed by atoms with E-state index < -0.39 is 0 Å². The van der Waals surface area contributed by atoms with Crippen molar-refractivity contribution < 1.29 is 0 Å². The minimum Gasteiger partial charge on any atom is -0.366 e. The van der Waals surface area contributed by atoms with E-state index in [0.29, 0.717) is 11.6 Å². The van der Waals surface area contributed by atoms with E-state index >= 15 is 0 Å². The summed E-state index contributed by atoms with van der Waals surface area (Å²) in [5.41, 5.74) is 6.31. The van der Waals surface area contributed by atoms with Gasteiger partial charge in [-0.1, -0.05) is 0 Å². The van der Waals surface area contributed by atoms with Crippen LogP contribution in [0.3, 0.4) is 0 Å². The summed E-state index contributed by atoms with van der Waals surface area (Å²) in [4.78, 5) is 2.14. The number of hydrogen-bond donors (Lipinski definition) is 1. The molecule has 0 aliphatic heterocycles. The van der Waals surface area contributed by atoms with Crippen molar-refractivity contribution in [3.8, 4) is 0 Å². The van der Waals surface area contributed by atoms with Gasteiger partial charge in [0.1, 0.15) is 5.82 Å². The lowest BCUT2D eigenvalue weighted by Crippen LogP contribution is -2.23. The molecule has 0 amide bonds. The molecule has 0 spiro atoms. The van der Waals surface area contributed by atoms with Gasteiger partial charge in [0.25, 0.3) is 0 Å². The van der Waals surface area contributed by atoms with Crippen molar-refractivity contribution in [2.45, 2.75) is 13.8 Å². The molecular formula is C9H14N6. The molecule has 15 heavy (non-hydrogen) atoms. The quantitative estimate of drug-likeness (QED) is 0.794. The molecule has 0 aliphatic rings. The first-order chi connectivity index (χ1) is 7.26. The van der Waals surface area contributed by atoms with Gasteiger partial charge < -0.3 is 10.6 Å². The molecule has 2 aromatic rings. The molecule has 2 aromatic heterocycles. The summed E-state index contributed by atoms with van der Waals surface area (Å²) in [6.07, 6.45) is 0. The fraction of sp³-hybridized carbons (Fsp3) is 0.444. The average Bonchev–Trinajstić information content (AvgIpc) is 2.62. The van der Waals surface area contributed by atoms with Crippen LogP contribution in [0.15, 0.2) is 12.1 Å². The van der Waals surface area contributed by atoms with Crippen LogP contribution in [0.25, 0.3) is 5.65 Å². The Balaban J connectivity index is 2.49. The highest BCUT2D eigenvalue weighted by Gasteiger charge is 2.07. The highest BCUT2D eigenvalue weighted by Crippen LogP contribution is 2.12. The smallest absolute Gasteiger partial charge is 0.243 e. The number of nitrogens with zero attached hydrogens (tertiary/aromatic N) is 5. The summed E-state index contributed by atoms with van der Waals surface area (Å²) in [6, 6.07) is 3.79. The third-order valence-corrected chi connectivity index (χ3v) is 2.36. The van der Waals surface area contributed by atoms with Crippen molar-refractivity contribution in [1.82, 2.24) is 19.8 Å². The maximum atomic E-state index is 5.64. The van der Waals surface area contributed by atoms with Gasteiger partial charge in [0.15, 0.2) is 5.65 Å². The largest absolute Gasteiger partial charge is 0.366 e. The number of aromatic nitrogens is 4. The maximum absolute atomic E-state index is 5.64. The second-order valence-electron chi connectivity index (χ2n) is 3.19. The van der Waals surface area contributed by atoms with Crippen LogP contribution < -0.4 is 10.6 Å². The van der Waals surface area contributed by atoms with Crippen molar-refractivity contribution in [3.63, 3.8) is 0 Å². The van der Waals surface area contributed by atoms with Crippen LogP contribution >= 0.6 is 0 Å². The van der Waals surface area contributed by atoms with E-state index in [1.165, 1.54) is 0 Å². The van der Waals surface area contributed by atoms with Crippen molar-refractivity contribution in [1.29, 1.82) is 0 Å². The first-order valence-electron chi connectivity index (χ1n) is 4.99. The van der Waals surface area contributed by atoms with Crippen LogP contribution in [0, 0.1) is 0 Å². The monoisotopic (exact) mass is 206 g/mol. The van der Waals surface area contributed by atoms with Crippen LogP contribution in [-0.4, -0.2) is 32.9 Å². The van der Waals surface area contributed by atoms with Gasteiger partial charge in [0.2, 0.25) is 5.95 Å². The molecule has 80 valence electrons. The highest BCUT2D eigenvalue weighted by molar-refractivity contribution is 5.48. The zero-order valence-corrected chi connectivity index (χ0v) is 8.88. The van der Waals surface area contributed by atoms with E-state index in [0.717, 1.165) is 18.9 Å². The molecule has 0 aromatic carbocycles. The Bertz CT molecular complexity index is 459. The summed E-state index contributed by atoms with van der Waals surface area (Å²) in [6.45, 7) is 6.00. The minimum atomic E-state index is 0.319. The number of fused-ring (bicyclic) bond motifs is 1. The van der Waals surface area contributed by atoms with Gasteiger partial charge in [0, 0.05) is 13.1 Å². The molecule has 0 radical (unpaired) electrons. The Labute approximate surface area is 87.7 Å². The lowest BCUT2D eigenvalue weighted by Gasteiger charge is -2.19. The predicted molar refractivity (Wildman–Crippen MR) is 58.8 cm³/mol. The Morgan fingerprint density at radius 2 is 2.00 bits per heavy atom. The van der Waals surface area contributed by atoms with E-state index in [4.69, 9.17) is 5.73 Å². The number of anilines is 2. The number of rotatable bonds is 3. The fourth-order valence-corrected chi connectivity index (χ4v) is 1.51. The summed E-state index contributed by atoms with van der Waals surface area (Å²) < 4.78 is 1.55. The van der Waals surface area contributed by atoms with Gasteiger partial charge in [-0.2, -0.15) is 4.52 Å². The maximum Gasteiger partial charge on any atom is 0.243 e. The van der Waals surface area contributed by atoms with Crippen LogP contribution in [0.2, 0.25) is 0 Å². The molecule has 6 heteroatoms. The van der Waals surface area contributed by atoms with Crippen LogP contribution in [0.5, 0.6) is 0 Å². The Kier molecular flexibility index (Phi) is 2.40. The van der Waals surface area contributed by atoms with Crippen molar-refractivity contribution in [2.24, 2.45) is 0 Å². The normalized spacial score (nSPS) is 10.8. The van der Waals surface area contributed by atoms with E-state index in [-0.39, 0.29) is 0 Å². The molecule has 0 saturated heterocycles. The summed E-state index contributed by atoms with van der Waals surface area (Å²) >= 11 is 0. The Morgan fingerprint density at radius 3 is 2.67 bits per heavy atom. The minimum absolute atomic E-state index is 0.319. The van der Waals surface area contributed by atoms with Crippen LogP contribution in [0.4, 0.5) is 11.8 Å². The third kappa shape index (κ3) is 1.58.